The van der Waals surface area contributed by atoms with Crippen molar-refractivity contribution in [2.45, 2.75) is 6.92 Å². The maximum Gasteiger partial charge on any atom is 0.258 e. The molecule has 5 nitrogen and oxygen atoms in total. The molecule has 0 fully saturated rings. The van der Waals surface area contributed by atoms with E-state index < -0.39 is 0 Å². The van der Waals surface area contributed by atoms with Crippen LogP contribution in [0.25, 0.3) is 11.3 Å². The van der Waals surface area contributed by atoms with Crippen molar-refractivity contribution in [1.29, 1.82) is 0 Å². The van der Waals surface area contributed by atoms with Crippen molar-refractivity contribution in [3.63, 3.8) is 0 Å². The van der Waals surface area contributed by atoms with E-state index in [4.69, 9.17) is 4.74 Å². The molecule has 0 aliphatic carbocycles. The van der Waals surface area contributed by atoms with Gasteiger partial charge in [0.05, 0.1) is 29.7 Å². The average Bonchev–Trinajstić information content (AvgIpc) is 3.07. The third-order valence-electron chi connectivity index (χ3n) is 3.65. The molecule has 6 heteroatoms. The van der Waals surface area contributed by atoms with Gasteiger partial charge in [-0.05, 0) is 25.1 Å². The molecule has 3 rings (SSSR count). The first-order valence-electron chi connectivity index (χ1n) is 7.39. The number of ether oxygens (including phenoxy) is 1. The third-order valence-corrected chi connectivity index (χ3v) is 4.42. The maximum atomic E-state index is 12.7. The molecule has 3 aromatic rings. The summed E-state index contributed by atoms with van der Waals surface area (Å²) < 4.78 is 5.04. The van der Waals surface area contributed by atoms with Crippen LogP contribution in [-0.4, -0.2) is 30.0 Å². The van der Waals surface area contributed by atoms with Gasteiger partial charge < -0.3 is 9.64 Å². The number of rotatable bonds is 4. The van der Waals surface area contributed by atoms with Gasteiger partial charge in [0.25, 0.3) is 5.91 Å². The van der Waals surface area contributed by atoms with Gasteiger partial charge in [0.15, 0.2) is 0 Å². The largest absolute Gasteiger partial charge is 0.481 e. The van der Waals surface area contributed by atoms with E-state index >= 15 is 0 Å². The number of benzene rings is 1. The summed E-state index contributed by atoms with van der Waals surface area (Å²) in [7, 11) is 3.29. The number of methoxy groups -OCH3 is 1. The summed E-state index contributed by atoms with van der Waals surface area (Å²) in [5, 5.41) is 3.00. The third kappa shape index (κ3) is 3.28. The number of anilines is 1. The van der Waals surface area contributed by atoms with Gasteiger partial charge >= 0.3 is 0 Å². The molecule has 1 aromatic carbocycles. The SMILES string of the molecule is COc1ccc(N(C)C(=O)c2cccc(-c3csc(C)n3)c2)cn1. The fourth-order valence-electron chi connectivity index (χ4n) is 2.31. The second-order valence-corrected chi connectivity index (χ2v) is 6.32. The smallest absolute Gasteiger partial charge is 0.258 e. The summed E-state index contributed by atoms with van der Waals surface area (Å²) in [4.78, 5) is 22.9. The van der Waals surface area contributed by atoms with Crippen molar-refractivity contribution in [1.82, 2.24) is 9.97 Å². The zero-order valence-corrected chi connectivity index (χ0v) is 14.5. The van der Waals surface area contributed by atoms with E-state index in [0.29, 0.717) is 17.1 Å². The molecule has 1 amide bonds. The molecular weight excluding hydrogens is 322 g/mol. The van der Waals surface area contributed by atoms with Crippen LogP contribution >= 0.6 is 11.3 Å². The molecule has 0 saturated heterocycles. The molecule has 122 valence electrons. The van der Waals surface area contributed by atoms with Crippen LogP contribution < -0.4 is 9.64 Å². The van der Waals surface area contributed by atoms with E-state index in [1.54, 1.807) is 54.8 Å². The van der Waals surface area contributed by atoms with Gasteiger partial charge in [-0.3, -0.25) is 4.79 Å². The highest BCUT2D eigenvalue weighted by Gasteiger charge is 2.15. The van der Waals surface area contributed by atoms with Crippen molar-refractivity contribution in [3.05, 3.63) is 58.5 Å². The molecule has 0 bridgehead atoms. The number of carbonyl (C=O) groups is 1. The Labute approximate surface area is 144 Å². The van der Waals surface area contributed by atoms with Gasteiger partial charge in [0, 0.05) is 29.6 Å². The summed E-state index contributed by atoms with van der Waals surface area (Å²) in [6, 6.07) is 11.0. The number of aryl methyl sites for hydroxylation is 1. The lowest BCUT2D eigenvalue weighted by molar-refractivity contribution is 0.0993. The molecular formula is C18H17N3O2S. The van der Waals surface area contributed by atoms with Crippen LogP contribution in [0.4, 0.5) is 5.69 Å². The molecule has 0 saturated carbocycles. The lowest BCUT2D eigenvalue weighted by Gasteiger charge is -2.17. The molecule has 2 aromatic heterocycles. The van der Waals surface area contributed by atoms with Crippen molar-refractivity contribution >= 4 is 22.9 Å². The Morgan fingerprint density at radius 1 is 1.25 bits per heavy atom. The Morgan fingerprint density at radius 2 is 2.08 bits per heavy atom. The quantitative estimate of drug-likeness (QED) is 0.725. The normalized spacial score (nSPS) is 10.5. The highest BCUT2D eigenvalue weighted by Crippen LogP contribution is 2.24. The van der Waals surface area contributed by atoms with Crippen molar-refractivity contribution < 1.29 is 9.53 Å². The Morgan fingerprint density at radius 3 is 2.71 bits per heavy atom. The lowest BCUT2D eigenvalue weighted by atomic mass is 10.1. The average molecular weight is 339 g/mol. The summed E-state index contributed by atoms with van der Waals surface area (Å²) >= 11 is 1.59. The second kappa shape index (κ2) is 6.80. The van der Waals surface area contributed by atoms with E-state index in [-0.39, 0.29) is 5.91 Å². The van der Waals surface area contributed by atoms with E-state index in [2.05, 4.69) is 9.97 Å². The lowest BCUT2D eigenvalue weighted by Crippen LogP contribution is -2.26. The fourth-order valence-corrected chi connectivity index (χ4v) is 2.93. The van der Waals surface area contributed by atoms with Crippen LogP contribution in [0.3, 0.4) is 0 Å². The number of amides is 1. The predicted octanol–water partition coefficient (Wildman–Crippen LogP) is 3.80. The summed E-state index contributed by atoms with van der Waals surface area (Å²) in [6.07, 6.45) is 1.62. The zero-order chi connectivity index (χ0) is 17.1. The van der Waals surface area contributed by atoms with Gasteiger partial charge in [-0.15, -0.1) is 11.3 Å². The van der Waals surface area contributed by atoms with Gasteiger partial charge in [-0.2, -0.15) is 0 Å². The standard InChI is InChI=1S/C18H17N3O2S/c1-12-20-16(11-24-12)13-5-4-6-14(9-13)18(22)21(2)15-7-8-17(23-3)19-10-15/h4-11H,1-3H3. The molecule has 0 radical (unpaired) electrons. The van der Waals surface area contributed by atoms with Crippen LogP contribution in [0.2, 0.25) is 0 Å². The number of hydrogen-bond acceptors (Lipinski definition) is 5. The number of pyridine rings is 1. The molecule has 2 heterocycles. The number of thiazole rings is 1. The zero-order valence-electron chi connectivity index (χ0n) is 13.7. The van der Waals surface area contributed by atoms with Crippen molar-refractivity contribution in [2.24, 2.45) is 0 Å². The Kier molecular flexibility index (Phi) is 4.57. The van der Waals surface area contributed by atoms with Crippen LogP contribution in [-0.2, 0) is 0 Å². The van der Waals surface area contributed by atoms with Gasteiger partial charge in [-0.1, -0.05) is 12.1 Å². The monoisotopic (exact) mass is 339 g/mol. The molecule has 0 aliphatic rings. The molecule has 0 aliphatic heterocycles. The first-order chi connectivity index (χ1) is 11.6. The second-order valence-electron chi connectivity index (χ2n) is 5.26. The number of aromatic nitrogens is 2. The molecule has 0 spiro atoms. The predicted molar refractivity (Wildman–Crippen MR) is 95.8 cm³/mol. The van der Waals surface area contributed by atoms with Crippen LogP contribution in [0.1, 0.15) is 15.4 Å². The number of carbonyl (C=O) groups excluding carboxylic acids is 1. The minimum Gasteiger partial charge on any atom is -0.481 e. The van der Waals surface area contributed by atoms with Crippen LogP contribution in [0.5, 0.6) is 5.88 Å². The maximum absolute atomic E-state index is 12.7. The van der Waals surface area contributed by atoms with Crippen LogP contribution in [0, 0.1) is 6.92 Å². The Balaban J connectivity index is 1.86. The van der Waals surface area contributed by atoms with E-state index in [9.17, 15) is 4.79 Å². The van der Waals surface area contributed by atoms with Gasteiger partial charge in [0.1, 0.15) is 0 Å². The highest BCUT2D eigenvalue weighted by atomic mass is 32.1. The first kappa shape index (κ1) is 16.1. The summed E-state index contributed by atoms with van der Waals surface area (Å²) in [5.41, 5.74) is 3.14. The first-order valence-corrected chi connectivity index (χ1v) is 8.27. The molecule has 0 N–H and O–H groups in total. The van der Waals surface area contributed by atoms with Crippen molar-refractivity contribution in [3.8, 4) is 17.1 Å². The Bertz CT molecular complexity index is 859. The number of hydrogen-bond donors (Lipinski definition) is 0. The van der Waals surface area contributed by atoms with Crippen molar-refractivity contribution in [2.75, 3.05) is 19.1 Å². The summed E-state index contributed by atoms with van der Waals surface area (Å²) in [6.45, 7) is 1.97. The topological polar surface area (TPSA) is 55.3 Å². The van der Waals surface area contributed by atoms with E-state index in [1.165, 1.54) is 0 Å². The van der Waals surface area contributed by atoms with Gasteiger partial charge in [0.2, 0.25) is 5.88 Å². The fraction of sp³-hybridized carbons (Fsp3) is 0.167. The molecule has 0 atom stereocenters. The van der Waals surface area contributed by atoms with Gasteiger partial charge in [-0.25, -0.2) is 9.97 Å². The Hall–Kier alpha value is -2.73. The molecule has 24 heavy (non-hydrogen) atoms. The molecule has 0 unspecified atom stereocenters. The van der Waals surface area contributed by atoms with E-state index in [1.807, 2.05) is 30.5 Å². The number of nitrogens with zero attached hydrogens (tertiary/aromatic N) is 3. The van der Waals surface area contributed by atoms with Crippen LogP contribution in [0.15, 0.2) is 48.0 Å². The minimum atomic E-state index is -0.101. The minimum absolute atomic E-state index is 0.101. The summed E-state index contributed by atoms with van der Waals surface area (Å²) in [5.74, 6) is 0.413. The van der Waals surface area contributed by atoms with E-state index in [0.717, 1.165) is 16.3 Å². The highest BCUT2D eigenvalue weighted by molar-refractivity contribution is 7.09.